The minimum atomic E-state index is -0.00122. The number of carbonyl (C=O) groups is 1. The van der Waals surface area contributed by atoms with Gasteiger partial charge in [0.25, 0.3) is 5.91 Å². The molecule has 0 atom stereocenters. The minimum Gasteiger partial charge on any atom is -0.497 e. The predicted molar refractivity (Wildman–Crippen MR) is 98.7 cm³/mol. The van der Waals surface area contributed by atoms with E-state index < -0.39 is 0 Å². The molecule has 1 saturated carbocycles. The van der Waals surface area contributed by atoms with E-state index >= 15 is 0 Å². The number of benzene rings is 1. The van der Waals surface area contributed by atoms with E-state index in [2.05, 4.69) is 10.2 Å². The summed E-state index contributed by atoms with van der Waals surface area (Å²) in [6, 6.07) is 9.47. The van der Waals surface area contributed by atoms with Crippen LogP contribution in [0.2, 0.25) is 0 Å². The van der Waals surface area contributed by atoms with Gasteiger partial charge in [-0.05, 0) is 49.1 Å². The highest BCUT2D eigenvalue weighted by Crippen LogP contribution is 2.28. The Kier molecular flexibility index (Phi) is 5.74. The molecule has 1 aromatic carbocycles. The Balaban J connectivity index is 1.55. The molecular weight excluding hydrogens is 314 g/mol. The van der Waals surface area contributed by atoms with Crippen molar-refractivity contribution in [3.63, 3.8) is 0 Å². The maximum absolute atomic E-state index is 12.6. The topological polar surface area (TPSA) is 58.2 Å². The fourth-order valence-electron chi connectivity index (χ4n) is 3.56. The lowest BCUT2D eigenvalue weighted by atomic mass is 10.0. The molecule has 1 aromatic heterocycles. The van der Waals surface area contributed by atoms with Crippen molar-refractivity contribution in [1.82, 2.24) is 15.1 Å². The van der Waals surface area contributed by atoms with E-state index in [4.69, 9.17) is 4.74 Å². The van der Waals surface area contributed by atoms with Gasteiger partial charge in [0.1, 0.15) is 11.4 Å². The van der Waals surface area contributed by atoms with E-state index in [-0.39, 0.29) is 5.91 Å². The number of methoxy groups -OCH3 is 1. The highest BCUT2D eigenvalue weighted by molar-refractivity contribution is 5.93. The molecule has 5 heteroatoms. The molecule has 0 spiro atoms. The summed E-state index contributed by atoms with van der Waals surface area (Å²) in [5, 5.41) is 7.15. The molecule has 1 fully saturated rings. The van der Waals surface area contributed by atoms with Crippen molar-refractivity contribution in [3.8, 4) is 17.0 Å². The molecule has 1 amide bonds. The predicted octanol–water partition coefficient (Wildman–Crippen LogP) is 4.13. The molecule has 2 aromatic rings. The number of ether oxygens (including phenoxy) is 1. The third-order valence-corrected chi connectivity index (χ3v) is 5.12. The first kappa shape index (κ1) is 17.5. The number of nitrogens with one attached hydrogen (secondary N) is 1. The third kappa shape index (κ3) is 4.41. The average Bonchev–Trinajstić information content (AvgIpc) is 3.33. The molecule has 0 unspecified atom stereocenters. The van der Waals surface area contributed by atoms with Crippen molar-refractivity contribution in [2.75, 3.05) is 20.7 Å². The van der Waals surface area contributed by atoms with E-state index in [1.807, 2.05) is 37.4 Å². The number of H-pyrrole nitrogens is 1. The highest BCUT2D eigenvalue weighted by Gasteiger charge is 2.18. The zero-order chi connectivity index (χ0) is 17.6. The van der Waals surface area contributed by atoms with Crippen molar-refractivity contribution in [2.24, 2.45) is 5.92 Å². The number of amides is 1. The number of hydrogen-bond acceptors (Lipinski definition) is 3. The summed E-state index contributed by atoms with van der Waals surface area (Å²) in [4.78, 5) is 14.3. The number of hydrogen-bond donors (Lipinski definition) is 1. The summed E-state index contributed by atoms with van der Waals surface area (Å²) in [7, 11) is 3.51. The van der Waals surface area contributed by atoms with Crippen LogP contribution < -0.4 is 4.74 Å². The number of carbonyl (C=O) groups excluding carboxylic acids is 1. The van der Waals surface area contributed by atoms with E-state index in [9.17, 15) is 4.79 Å². The van der Waals surface area contributed by atoms with Gasteiger partial charge in [0.2, 0.25) is 0 Å². The Morgan fingerprint density at radius 1 is 1.28 bits per heavy atom. The van der Waals surface area contributed by atoms with Gasteiger partial charge in [-0.2, -0.15) is 5.10 Å². The molecular formula is C20H27N3O2. The summed E-state index contributed by atoms with van der Waals surface area (Å²) in [6.07, 6.45) is 7.79. The number of aromatic amines is 1. The fourth-order valence-corrected chi connectivity index (χ4v) is 3.56. The standard InChI is InChI=1S/C20H27N3O2/c1-23(13-5-8-15-6-3-4-7-15)20(24)19-14-18(21-22-19)16-9-11-17(25-2)12-10-16/h9-12,14-15H,3-8,13H2,1-2H3,(H,21,22). The molecule has 5 nitrogen and oxygen atoms in total. The van der Waals surface area contributed by atoms with Crippen LogP contribution in [-0.2, 0) is 0 Å². The van der Waals surface area contributed by atoms with Gasteiger partial charge in [-0.3, -0.25) is 9.89 Å². The molecule has 0 bridgehead atoms. The summed E-state index contributed by atoms with van der Waals surface area (Å²) >= 11 is 0. The summed E-state index contributed by atoms with van der Waals surface area (Å²) in [5.41, 5.74) is 2.26. The molecule has 1 heterocycles. The van der Waals surface area contributed by atoms with Gasteiger partial charge in [-0.15, -0.1) is 0 Å². The van der Waals surface area contributed by atoms with Gasteiger partial charge >= 0.3 is 0 Å². The largest absolute Gasteiger partial charge is 0.497 e. The Morgan fingerprint density at radius 2 is 2.00 bits per heavy atom. The van der Waals surface area contributed by atoms with E-state index in [0.29, 0.717) is 5.69 Å². The van der Waals surface area contributed by atoms with E-state index in [1.54, 1.807) is 12.0 Å². The molecule has 25 heavy (non-hydrogen) atoms. The lowest BCUT2D eigenvalue weighted by Crippen LogP contribution is -2.28. The Bertz CT molecular complexity index is 687. The number of aromatic nitrogens is 2. The van der Waals surface area contributed by atoms with Crippen molar-refractivity contribution >= 4 is 5.91 Å². The Hall–Kier alpha value is -2.30. The minimum absolute atomic E-state index is 0.00122. The second-order valence-electron chi connectivity index (χ2n) is 6.91. The van der Waals surface area contributed by atoms with Crippen molar-refractivity contribution < 1.29 is 9.53 Å². The maximum Gasteiger partial charge on any atom is 0.271 e. The molecule has 0 radical (unpaired) electrons. The molecule has 0 aliphatic heterocycles. The number of nitrogens with zero attached hydrogens (tertiary/aromatic N) is 2. The van der Waals surface area contributed by atoms with Crippen molar-refractivity contribution in [3.05, 3.63) is 36.0 Å². The van der Waals surface area contributed by atoms with Crippen LogP contribution in [0.25, 0.3) is 11.3 Å². The quantitative estimate of drug-likeness (QED) is 0.824. The summed E-state index contributed by atoms with van der Waals surface area (Å²) in [5.74, 6) is 1.67. The second-order valence-corrected chi connectivity index (χ2v) is 6.91. The highest BCUT2D eigenvalue weighted by atomic mass is 16.5. The van der Waals surface area contributed by atoms with Gasteiger partial charge in [0.15, 0.2) is 0 Å². The first-order valence-corrected chi connectivity index (χ1v) is 9.12. The van der Waals surface area contributed by atoms with Gasteiger partial charge in [0, 0.05) is 19.2 Å². The lowest BCUT2D eigenvalue weighted by Gasteiger charge is -2.17. The van der Waals surface area contributed by atoms with Crippen molar-refractivity contribution in [2.45, 2.75) is 38.5 Å². The zero-order valence-electron chi connectivity index (χ0n) is 15.1. The van der Waals surface area contributed by atoms with Gasteiger partial charge < -0.3 is 9.64 Å². The molecule has 134 valence electrons. The van der Waals surface area contributed by atoms with E-state index in [1.165, 1.54) is 32.1 Å². The van der Waals surface area contributed by atoms with E-state index in [0.717, 1.165) is 35.9 Å². The van der Waals surface area contributed by atoms with Crippen LogP contribution in [0.1, 0.15) is 49.0 Å². The van der Waals surface area contributed by atoms with Crippen LogP contribution in [0.5, 0.6) is 5.75 Å². The smallest absolute Gasteiger partial charge is 0.271 e. The van der Waals surface area contributed by atoms with Crippen LogP contribution in [0, 0.1) is 5.92 Å². The lowest BCUT2D eigenvalue weighted by molar-refractivity contribution is 0.0785. The normalized spacial score (nSPS) is 14.6. The molecule has 1 aliphatic rings. The van der Waals surface area contributed by atoms with Gasteiger partial charge in [-0.1, -0.05) is 25.7 Å². The van der Waals surface area contributed by atoms with Crippen LogP contribution in [0.3, 0.4) is 0 Å². The Morgan fingerprint density at radius 3 is 2.68 bits per heavy atom. The average molecular weight is 341 g/mol. The van der Waals surface area contributed by atoms with Gasteiger partial charge in [-0.25, -0.2) is 0 Å². The Labute approximate surface area is 149 Å². The molecule has 3 rings (SSSR count). The zero-order valence-corrected chi connectivity index (χ0v) is 15.1. The van der Waals surface area contributed by atoms with Crippen LogP contribution >= 0.6 is 0 Å². The SMILES string of the molecule is COc1ccc(-c2cc(C(=O)N(C)CCCC3CCCC3)[nH]n2)cc1. The summed E-state index contributed by atoms with van der Waals surface area (Å²) < 4.78 is 5.17. The summed E-state index contributed by atoms with van der Waals surface area (Å²) in [6.45, 7) is 0.798. The number of rotatable bonds is 7. The first-order chi connectivity index (χ1) is 12.2. The third-order valence-electron chi connectivity index (χ3n) is 5.12. The molecule has 1 aliphatic carbocycles. The second kappa shape index (κ2) is 8.19. The van der Waals surface area contributed by atoms with Crippen LogP contribution in [0.4, 0.5) is 0 Å². The van der Waals surface area contributed by atoms with Crippen LogP contribution in [0.15, 0.2) is 30.3 Å². The first-order valence-electron chi connectivity index (χ1n) is 9.12. The monoisotopic (exact) mass is 341 g/mol. The van der Waals surface area contributed by atoms with Crippen LogP contribution in [-0.4, -0.2) is 41.7 Å². The molecule has 0 saturated heterocycles. The van der Waals surface area contributed by atoms with Crippen molar-refractivity contribution in [1.29, 1.82) is 0 Å². The fraction of sp³-hybridized carbons (Fsp3) is 0.500. The van der Waals surface area contributed by atoms with Gasteiger partial charge in [0.05, 0.1) is 12.8 Å². The maximum atomic E-state index is 12.6. The molecule has 1 N–H and O–H groups in total.